The van der Waals surface area contributed by atoms with Crippen molar-refractivity contribution >= 4 is 11.6 Å². The molecule has 0 aliphatic rings. The van der Waals surface area contributed by atoms with Gasteiger partial charge in [-0.15, -0.1) is 0 Å². The third kappa shape index (κ3) is 5.72. The lowest BCUT2D eigenvalue weighted by molar-refractivity contribution is -0.119. The number of aromatic nitrogens is 1. The molecule has 0 saturated carbocycles. The zero-order chi connectivity index (χ0) is 20.5. The van der Waals surface area contributed by atoms with Gasteiger partial charge in [0.15, 0.2) is 0 Å². The number of methoxy groups -OCH3 is 1. The molecule has 150 valence electrons. The van der Waals surface area contributed by atoms with Crippen LogP contribution in [0.2, 0.25) is 0 Å². The molecule has 1 amide bonds. The summed E-state index contributed by atoms with van der Waals surface area (Å²) in [6.07, 6.45) is 2.53. The molecule has 0 unspecified atom stereocenters. The normalized spacial score (nSPS) is 10.4. The van der Waals surface area contributed by atoms with Crippen molar-refractivity contribution in [3.05, 3.63) is 78.6 Å². The fraction of sp³-hybridized carbons (Fsp3) is 0.217. The van der Waals surface area contributed by atoms with Gasteiger partial charge >= 0.3 is 0 Å². The van der Waals surface area contributed by atoms with Gasteiger partial charge < -0.3 is 19.5 Å². The van der Waals surface area contributed by atoms with Gasteiger partial charge in [-0.2, -0.15) is 0 Å². The standard InChI is InChI=1S/C23H24N2O4/c1-28-19-11-13-20(14-12-19)29-16-6-10-23(27)25(17-18-7-4-5-15-24-18)21-8-2-3-9-22(21)26/h2-5,7-9,11-15,26H,6,10,16-17H2,1H3. The molecule has 6 heteroatoms. The van der Waals surface area contributed by atoms with Crippen molar-refractivity contribution in [1.29, 1.82) is 0 Å². The number of anilines is 1. The van der Waals surface area contributed by atoms with Crippen LogP contribution >= 0.6 is 0 Å². The average molecular weight is 392 g/mol. The second kappa shape index (κ2) is 10.1. The van der Waals surface area contributed by atoms with Gasteiger partial charge in [-0.1, -0.05) is 18.2 Å². The van der Waals surface area contributed by atoms with E-state index in [9.17, 15) is 9.90 Å². The van der Waals surface area contributed by atoms with Crippen LogP contribution in [0.15, 0.2) is 72.9 Å². The number of hydrogen-bond acceptors (Lipinski definition) is 5. The van der Waals surface area contributed by atoms with E-state index in [1.54, 1.807) is 42.5 Å². The molecule has 3 rings (SSSR count). The van der Waals surface area contributed by atoms with Crippen molar-refractivity contribution in [2.45, 2.75) is 19.4 Å². The summed E-state index contributed by atoms with van der Waals surface area (Å²) in [6.45, 7) is 0.701. The third-order valence-electron chi connectivity index (χ3n) is 4.38. The molecular weight excluding hydrogens is 368 g/mol. The number of nitrogens with zero attached hydrogens (tertiary/aromatic N) is 2. The van der Waals surface area contributed by atoms with Gasteiger partial charge in [-0.25, -0.2) is 0 Å². The van der Waals surface area contributed by atoms with Crippen LogP contribution in [0.25, 0.3) is 0 Å². The maximum atomic E-state index is 12.9. The van der Waals surface area contributed by atoms with E-state index in [0.29, 0.717) is 18.7 Å². The molecule has 0 atom stereocenters. The number of hydrogen-bond donors (Lipinski definition) is 1. The lowest BCUT2D eigenvalue weighted by atomic mass is 10.2. The molecule has 2 aromatic carbocycles. The Kier molecular flexibility index (Phi) is 7.05. The highest BCUT2D eigenvalue weighted by molar-refractivity contribution is 5.94. The van der Waals surface area contributed by atoms with Crippen molar-refractivity contribution in [1.82, 2.24) is 4.98 Å². The Hall–Kier alpha value is -3.54. The first kappa shape index (κ1) is 20.2. The molecule has 0 bridgehead atoms. The van der Waals surface area contributed by atoms with Crippen LogP contribution in [0.4, 0.5) is 5.69 Å². The van der Waals surface area contributed by atoms with Gasteiger partial charge in [0.05, 0.1) is 31.6 Å². The number of aromatic hydroxyl groups is 1. The van der Waals surface area contributed by atoms with E-state index in [2.05, 4.69) is 4.98 Å². The van der Waals surface area contributed by atoms with E-state index < -0.39 is 0 Å². The number of benzene rings is 2. The lowest BCUT2D eigenvalue weighted by Gasteiger charge is -2.23. The van der Waals surface area contributed by atoms with Gasteiger partial charge in [0, 0.05) is 12.6 Å². The van der Waals surface area contributed by atoms with Crippen molar-refractivity contribution in [2.75, 3.05) is 18.6 Å². The summed E-state index contributed by atoms with van der Waals surface area (Å²) < 4.78 is 10.8. The summed E-state index contributed by atoms with van der Waals surface area (Å²) in [4.78, 5) is 18.8. The molecular formula is C23H24N2O4. The van der Waals surface area contributed by atoms with Crippen LogP contribution in [0.3, 0.4) is 0 Å². The van der Waals surface area contributed by atoms with E-state index in [4.69, 9.17) is 9.47 Å². The summed E-state index contributed by atoms with van der Waals surface area (Å²) >= 11 is 0. The highest BCUT2D eigenvalue weighted by Crippen LogP contribution is 2.28. The third-order valence-corrected chi connectivity index (χ3v) is 4.38. The van der Waals surface area contributed by atoms with Gasteiger partial charge in [-0.3, -0.25) is 9.78 Å². The predicted molar refractivity (Wildman–Crippen MR) is 111 cm³/mol. The molecule has 1 aromatic heterocycles. The first-order chi connectivity index (χ1) is 14.2. The fourth-order valence-corrected chi connectivity index (χ4v) is 2.87. The second-order valence-electron chi connectivity index (χ2n) is 6.42. The van der Waals surface area contributed by atoms with Crippen LogP contribution in [-0.4, -0.2) is 29.7 Å². The molecule has 0 saturated heterocycles. The molecule has 29 heavy (non-hydrogen) atoms. The van der Waals surface area contributed by atoms with Crippen molar-refractivity contribution < 1.29 is 19.4 Å². The Morgan fingerprint density at radius 3 is 2.41 bits per heavy atom. The van der Waals surface area contributed by atoms with E-state index in [1.165, 1.54) is 0 Å². The first-order valence-corrected chi connectivity index (χ1v) is 9.42. The SMILES string of the molecule is COc1ccc(OCCCC(=O)N(Cc2ccccn2)c2ccccc2O)cc1. The van der Waals surface area contributed by atoms with Gasteiger partial charge in [0.2, 0.25) is 5.91 Å². The lowest BCUT2D eigenvalue weighted by Crippen LogP contribution is -2.31. The Balaban J connectivity index is 1.61. The van der Waals surface area contributed by atoms with Crippen molar-refractivity contribution in [3.8, 4) is 17.2 Å². The summed E-state index contributed by atoms with van der Waals surface area (Å²) in [7, 11) is 1.61. The minimum atomic E-state index is -0.101. The van der Waals surface area contributed by atoms with E-state index in [-0.39, 0.29) is 24.6 Å². The van der Waals surface area contributed by atoms with E-state index in [0.717, 1.165) is 17.2 Å². The molecule has 0 fully saturated rings. The molecule has 0 aliphatic heterocycles. The Bertz CT molecular complexity index is 914. The zero-order valence-electron chi connectivity index (χ0n) is 16.3. The van der Waals surface area contributed by atoms with Crippen LogP contribution in [-0.2, 0) is 11.3 Å². The molecule has 3 aromatic rings. The molecule has 0 spiro atoms. The minimum absolute atomic E-state index is 0.0614. The smallest absolute Gasteiger partial charge is 0.227 e. The van der Waals surface area contributed by atoms with E-state index >= 15 is 0 Å². The van der Waals surface area contributed by atoms with Crippen LogP contribution in [0, 0.1) is 0 Å². The molecule has 0 aliphatic carbocycles. The first-order valence-electron chi connectivity index (χ1n) is 9.42. The Morgan fingerprint density at radius 1 is 1.00 bits per heavy atom. The zero-order valence-corrected chi connectivity index (χ0v) is 16.3. The summed E-state index contributed by atoms with van der Waals surface area (Å²) in [5, 5.41) is 10.2. The Morgan fingerprint density at radius 2 is 1.72 bits per heavy atom. The van der Waals surface area contributed by atoms with Gasteiger partial charge in [0.1, 0.15) is 17.2 Å². The van der Waals surface area contributed by atoms with Crippen LogP contribution in [0.1, 0.15) is 18.5 Å². The van der Waals surface area contributed by atoms with Crippen LogP contribution in [0.5, 0.6) is 17.2 Å². The molecule has 6 nitrogen and oxygen atoms in total. The topological polar surface area (TPSA) is 71.9 Å². The highest BCUT2D eigenvalue weighted by atomic mass is 16.5. The maximum absolute atomic E-state index is 12.9. The molecule has 0 radical (unpaired) electrons. The number of ether oxygens (including phenoxy) is 2. The average Bonchev–Trinajstić information content (AvgIpc) is 2.76. The number of phenols is 1. The molecule has 1 N–H and O–H groups in total. The number of pyridine rings is 1. The Labute approximate surface area is 170 Å². The van der Waals surface area contributed by atoms with Crippen molar-refractivity contribution in [2.24, 2.45) is 0 Å². The highest BCUT2D eigenvalue weighted by Gasteiger charge is 2.19. The molecule has 1 heterocycles. The number of para-hydroxylation sites is 2. The largest absolute Gasteiger partial charge is 0.506 e. The fourth-order valence-electron chi connectivity index (χ4n) is 2.87. The maximum Gasteiger partial charge on any atom is 0.227 e. The predicted octanol–water partition coefficient (Wildman–Crippen LogP) is 4.19. The van der Waals surface area contributed by atoms with Crippen molar-refractivity contribution in [3.63, 3.8) is 0 Å². The number of carbonyl (C=O) groups is 1. The van der Waals surface area contributed by atoms with Crippen LogP contribution < -0.4 is 14.4 Å². The summed E-state index contributed by atoms with van der Waals surface area (Å²) in [5.74, 6) is 1.45. The second-order valence-corrected chi connectivity index (χ2v) is 6.42. The minimum Gasteiger partial charge on any atom is -0.506 e. The summed E-state index contributed by atoms with van der Waals surface area (Å²) in [6, 6.07) is 19.7. The number of amides is 1. The van der Waals surface area contributed by atoms with Gasteiger partial charge in [-0.05, 0) is 55.0 Å². The monoisotopic (exact) mass is 392 g/mol. The quantitative estimate of drug-likeness (QED) is 0.553. The number of phenolic OH excluding ortho intramolecular Hbond substituents is 1. The van der Waals surface area contributed by atoms with E-state index in [1.807, 2.05) is 42.5 Å². The van der Waals surface area contributed by atoms with Gasteiger partial charge in [0.25, 0.3) is 0 Å². The number of carbonyl (C=O) groups excluding carboxylic acids is 1. The summed E-state index contributed by atoms with van der Waals surface area (Å²) in [5.41, 5.74) is 1.22. The number of rotatable bonds is 9.